The van der Waals surface area contributed by atoms with E-state index in [1.54, 1.807) is 0 Å². The summed E-state index contributed by atoms with van der Waals surface area (Å²) < 4.78 is 5.47. The SMILES string of the molecule is CCNCc1ccc2c(c1)NC(=O)CCO2. The first kappa shape index (κ1) is 11.0. The molecule has 0 aliphatic carbocycles. The second-order valence-corrected chi connectivity index (χ2v) is 3.76. The van der Waals surface area contributed by atoms with Crippen LogP contribution < -0.4 is 15.4 Å². The zero-order valence-corrected chi connectivity index (χ0v) is 9.38. The molecule has 0 saturated carbocycles. The molecule has 0 atom stereocenters. The Bertz CT molecular complexity index is 391. The van der Waals surface area contributed by atoms with Gasteiger partial charge in [0.15, 0.2) is 0 Å². The quantitative estimate of drug-likeness (QED) is 0.812. The maximum Gasteiger partial charge on any atom is 0.227 e. The van der Waals surface area contributed by atoms with Crippen LogP contribution in [0.5, 0.6) is 5.75 Å². The Morgan fingerprint density at radius 3 is 3.19 bits per heavy atom. The van der Waals surface area contributed by atoms with E-state index >= 15 is 0 Å². The van der Waals surface area contributed by atoms with Gasteiger partial charge in [0.25, 0.3) is 0 Å². The average molecular weight is 220 g/mol. The normalized spacial score (nSPS) is 14.7. The van der Waals surface area contributed by atoms with Crippen molar-refractivity contribution in [2.24, 2.45) is 0 Å². The van der Waals surface area contributed by atoms with Crippen LogP contribution in [0.4, 0.5) is 5.69 Å². The van der Waals surface area contributed by atoms with Gasteiger partial charge in [0.05, 0.1) is 18.7 Å². The summed E-state index contributed by atoms with van der Waals surface area (Å²) in [7, 11) is 0. The molecule has 0 saturated heterocycles. The zero-order chi connectivity index (χ0) is 11.4. The number of hydrogen-bond donors (Lipinski definition) is 2. The number of amides is 1. The van der Waals surface area contributed by atoms with Crippen LogP contribution in [0.25, 0.3) is 0 Å². The lowest BCUT2D eigenvalue weighted by molar-refractivity contribution is -0.116. The summed E-state index contributed by atoms with van der Waals surface area (Å²) in [4.78, 5) is 11.4. The molecule has 0 unspecified atom stereocenters. The van der Waals surface area contributed by atoms with Crippen molar-refractivity contribution in [3.05, 3.63) is 23.8 Å². The highest BCUT2D eigenvalue weighted by atomic mass is 16.5. The maximum atomic E-state index is 11.4. The Morgan fingerprint density at radius 2 is 2.38 bits per heavy atom. The number of carbonyl (C=O) groups excluding carboxylic acids is 1. The zero-order valence-electron chi connectivity index (χ0n) is 9.38. The molecule has 0 fully saturated rings. The van der Waals surface area contributed by atoms with Gasteiger partial charge in [-0.3, -0.25) is 4.79 Å². The third-order valence-corrected chi connectivity index (χ3v) is 2.48. The molecule has 1 aliphatic rings. The molecule has 2 N–H and O–H groups in total. The fourth-order valence-electron chi connectivity index (χ4n) is 1.65. The summed E-state index contributed by atoms with van der Waals surface area (Å²) in [5.74, 6) is 0.769. The molecular formula is C12H16N2O2. The van der Waals surface area contributed by atoms with Gasteiger partial charge in [-0.25, -0.2) is 0 Å². The van der Waals surface area contributed by atoms with E-state index in [-0.39, 0.29) is 5.91 Å². The summed E-state index contributed by atoms with van der Waals surface area (Å²) in [5.41, 5.74) is 1.92. The number of fused-ring (bicyclic) bond motifs is 1. The largest absolute Gasteiger partial charge is 0.491 e. The van der Waals surface area contributed by atoms with Gasteiger partial charge in [-0.2, -0.15) is 0 Å². The molecular weight excluding hydrogens is 204 g/mol. The van der Waals surface area contributed by atoms with Gasteiger partial charge in [0.2, 0.25) is 5.91 Å². The molecule has 1 heterocycles. The van der Waals surface area contributed by atoms with Gasteiger partial charge in [0, 0.05) is 6.54 Å². The van der Waals surface area contributed by atoms with Crippen molar-refractivity contribution in [3.63, 3.8) is 0 Å². The molecule has 0 bridgehead atoms. The molecule has 0 aromatic heterocycles. The second-order valence-electron chi connectivity index (χ2n) is 3.76. The van der Waals surface area contributed by atoms with Crippen molar-refractivity contribution < 1.29 is 9.53 Å². The highest BCUT2D eigenvalue weighted by Crippen LogP contribution is 2.27. The van der Waals surface area contributed by atoms with E-state index in [9.17, 15) is 4.79 Å². The highest BCUT2D eigenvalue weighted by Gasteiger charge is 2.13. The molecule has 0 spiro atoms. The fourth-order valence-corrected chi connectivity index (χ4v) is 1.65. The van der Waals surface area contributed by atoms with E-state index in [1.807, 2.05) is 18.2 Å². The smallest absolute Gasteiger partial charge is 0.227 e. The highest BCUT2D eigenvalue weighted by molar-refractivity contribution is 5.93. The number of ether oxygens (including phenoxy) is 1. The minimum atomic E-state index is 0.0133. The number of carbonyl (C=O) groups is 1. The molecule has 1 aromatic rings. The maximum absolute atomic E-state index is 11.4. The van der Waals surface area contributed by atoms with Crippen molar-refractivity contribution >= 4 is 11.6 Å². The van der Waals surface area contributed by atoms with Gasteiger partial charge in [-0.05, 0) is 24.2 Å². The predicted octanol–water partition coefficient (Wildman–Crippen LogP) is 1.52. The van der Waals surface area contributed by atoms with Crippen LogP contribution in [0.15, 0.2) is 18.2 Å². The number of benzene rings is 1. The summed E-state index contributed by atoms with van der Waals surface area (Å²) in [6, 6.07) is 5.88. The van der Waals surface area contributed by atoms with E-state index in [1.165, 1.54) is 0 Å². The van der Waals surface area contributed by atoms with E-state index in [4.69, 9.17) is 4.74 Å². The molecule has 1 aromatic carbocycles. The molecule has 2 rings (SSSR count). The monoisotopic (exact) mass is 220 g/mol. The Kier molecular flexibility index (Phi) is 3.41. The van der Waals surface area contributed by atoms with E-state index in [0.717, 1.165) is 30.1 Å². The minimum absolute atomic E-state index is 0.0133. The van der Waals surface area contributed by atoms with Crippen molar-refractivity contribution in [1.82, 2.24) is 5.32 Å². The molecule has 4 heteroatoms. The van der Waals surface area contributed by atoms with Gasteiger partial charge in [-0.1, -0.05) is 13.0 Å². The number of nitrogens with one attached hydrogen (secondary N) is 2. The number of rotatable bonds is 3. The van der Waals surface area contributed by atoms with Crippen LogP contribution in [0, 0.1) is 0 Å². The number of anilines is 1. The van der Waals surface area contributed by atoms with Crippen molar-refractivity contribution in [3.8, 4) is 5.75 Å². The van der Waals surface area contributed by atoms with Crippen LogP contribution in [0.2, 0.25) is 0 Å². The summed E-state index contributed by atoms with van der Waals surface area (Å²) >= 11 is 0. The van der Waals surface area contributed by atoms with Gasteiger partial charge in [-0.15, -0.1) is 0 Å². The first-order valence-electron chi connectivity index (χ1n) is 5.56. The van der Waals surface area contributed by atoms with Gasteiger partial charge >= 0.3 is 0 Å². The summed E-state index contributed by atoms with van der Waals surface area (Å²) in [6.45, 7) is 4.25. The molecule has 16 heavy (non-hydrogen) atoms. The molecule has 0 radical (unpaired) electrons. The van der Waals surface area contributed by atoms with Gasteiger partial charge < -0.3 is 15.4 Å². The summed E-state index contributed by atoms with van der Waals surface area (Å²) in [5, 5.41) is 6.09. The molecule has 1 aliphatic heterocycles. The third kappa shape index (κ3) is 2.52. The lowest BCUT2D eigenvalue weighted by Crippen LogP contribution is -2.13. The number of hydrogen-bond acceptors (Lipinski definition) is 3. The molecule has 1 amide bonds. The van der Waals surface area contributed by atoms with Crippen LogP contribution in [0.3, 0.4) is 0 Å². The predicted molar refractivity (Wildman–Crippen MR) is 62.6 cm³/mol. The first-order chi connectivity index (χ1) is 7.79. The van der Waals surface area contributed by atoms with Crippen molar-refractivity contribution in [2.75, 3.05) is 18.5 Å². The average Bonchev–Trinajstić information content (AvgIpc) is 2.46. The lowest BCUT2D eigenvalue weighted by atomic mass is 10.2. The standard InChI is InChI=1S/C12H16N2O2/c1-2-13-8-9-3-4-11-10(7-9)14-12(15)5-6-16-11/h3-4,7,13H,2,5-6,8H2,1H3,(H,14,15). The first-order valence-corrected chi connectivity index (χ1v) is 5.56. The molecule has 86 valence electrons. The fraction of sp³-hybridized carbons (Fsp3) is 0.417. The van der Waals surface area contributed by atoms with E-state index < -0.39 is 0 Å². The Labute approximate surface area is 95.0 Å². The van der Waals surface area contributed by atoms with Crippen LogP contribution in [-0.2, 0) is 11.3 Å². The van der Waals surface area contributed by atoms with Crippen molar-refractivity contribution in [1.29, 1.82) is 0 Å². The van der Waals surface area contributed by atoms with Crippen LogP contribution in [0.1, 0.15) is 18.9 Å². The lowest BCUT2D eigenvalue weighted by Gasteiger charge is -2.09. The minimum Gasteiger partial charge on any atom is -0.491 e. The van der Waals surface area contributed by atoms with Crippen LogP contribution >= 0.6 is 0 Å². The van der Waals surface area contributed by atoms with Crippen molar-refractivity contribution in [2.45, 2.75) is 19.9 Å². The third-order valence-electron chi connectivity index (χ3n) is 2.48. The topological polar surface area (TPSA) is 50.4 Å². The Morgan fingerprint density at radius 1 is 1.50 bits per heavy atom. The van der Waals surface area contributed by atoms with Crippen LogP contribution in [-0.4, -0.2) is 19.1 Å². The van der Waals surface area contributed by atoms with Gasteiger partial charge in [0.1, 0.15) is 5.75 Å². The molecule has 4 nitrogen and oxygen atoms in total. The Hall–Kier alpha value is -1.55. The van der Waals surface area contributed by atoms with E-state index in [0.29, 0.717) is 13.0 Å². The Balaban J connectivity index is 2.19. The summed E-state index contributed by atoms with van der Waals surface area (Å²) in [6.07, 6.45) is 0.414. The second kappa shape index (κ2) is 4.99. The van der Waals surface area contributed by atoms with E-state index in [2.05, 4.69) is 17.6 Å².